The van der Waals surface area contributed by atoms with Crippen molar-refractivity contribution in [2.24, 2.45) is 0 Å². The van der Waals surface area contributed by atoms with Gasteiger partial charge >= 0.3 is 0 Å². The molecule has 2 aromatic carbocycles. The van der Waals surface area contributed by atoms with E-state index >= 15 is 0 Å². The molecule has 29 heavy (non-hydrogen) atoms. The Kier molecular flexibility index (Phi) is 6.68. The van der Waals surface area contributed by atoms with Gasteiger partial charge < -0.3 is 9.73 Å². The molecule has 0 aliphatic carbocycles. The van der Waals surface area contributed by atoms with Gasteiger partial charge in [0.15, 0.2) is 0 Å². The molecular weight excluding hydrogens is 419 g/mol. The monoisotopic (exact) mass is 436 g/mol. The predicted molar refractivity (Wildman–Crippen MR) is 107 cm³/mol. The highest BCUT2D eigenvalue weighted by Gasteiger charge is 2.20. The minimum Gasteiger partial charge on any atom is -0.468 e. The van der Waals surface area contributed by atoms with Gasteiger partial charge in [0.05, 0.1) is 17.8 Å². The summed E-state index contributed by atoms with van der Waals surface area (Å²) in [5, 5.41) is 2.71. The molecular formula is C20H18ClFN2O4S. The Labute approximate surface area is 172 Å². The Morgan fingerprint density at radius 3 is 2.55 bits per heavy atom. The maximum atomic E-state index is 12.9. The second-order valence-electron chi connectivity index (χ2n) is 6.18. The van der Waals surface area contributed by atoms with Crippen LogP contribution in [-0.2, 0) is 23.0 Å². The van der Waals surface area contributed by atoms with Crippen LogP contribution in [0.5, 0.6) is 0 Å². The maximum Gasteiger partial charge on any atom is 0.251 e. The number of hydrogen-bond donors (Lipinski definition) is 2. The van der Waals surface area contributed by atoms with Crippen LogP contribution in [0.25, 0.3) is 0 Å². The largest absolute Gasteiger partial charge is 0.468 e. The Balaban J connectivity index is 1.65. The van der Waals surface area contributed by atoms with Gasteiger partial charge in [-0.15, -0.1) is 0 Å². The molecule has 0 unspecified atom stereocenters. The van der Waals surface area contributed by atoms with Crippen molar-refractivity contribution in [3.8, 4) is 0 Å². The van der Waals surface area contributed by atoms with E-state index in [1.165, 1.54) is 36.6 Å². The molecule has 0 bridgehead atoms. The van der Waals surface area contributed by atoms with E-state index in [2.05, 4.69) is 10.0 Å². The third-order valence-electron chi connectivity index (χ3n) is 4.11. The zero-order chi connectivity index (χ0) is 20.9. The van der Waals surface area contributed by atoms with E-state index in [0.717, 1.165) is 5.56 Å². The van der Waals surface area contributed by atoms with Gasteiger partial charge in [0.1, 0.15) is 16.5 Å². The SMILES string of the molecule is O=C(NCCc1ccc(F)cc1)c1ccc(Cl)c(S(=O)(=O)NCc2ccco2)c1. The normalized spacial score (nSPS) is 11.4. The zero-order valence-electron chi connectivity index (χ0n) is 15.2. The smallest absolute Gasteiger partial charge is 0.251 e. The first-order valence-electron chi connectivity index (χ1n) is 8.69. The summed E-state index contributed by atoms with van der Waals surface area (Å²) >= 11 is 6.04. The molecule has 0 aliphatic heterocycles. The Hall–Kier alpha value is -2.68. The van der Waals surface area contributed by atoms with E-state index in [1.54, 1.807) is 24.3 Å². The van der Waals surface area contributed by atoms with Crippen molar-refractivity contribution in [2.45, 2.75) is 17.9 Å². The van der Waals surface area contributed by atoms with Crippen LogP contribution >= 0.6 is 11.6 Å². The Morgan fingerprint density at radius 1 is 1.10 bits per heavy atom. The van der Waals surface area contributed by atoms with Crippen LogP contribution in [0.1, 0.15) is 21.7 Å². The van der Waals surface area contributed by atoms with Crippen molar-refractivity contribution in [1.29, 1.82) is 0 Å². The van der Waals surface area contributed by atoms with E-state index < -0.39 is 15.9 Å². The number of nitrogens with one attached hydrogen (secondary N) is 2. The summed E-state index contributed by atoms with van der Waals surface area (Å²) in [4.78, 5) is 12.2. The van der Waals surface area contributed by atoms with Gasteiger partial charge in [-0.05, 0) is 54.4 Å². The third kappa shape index (κ3) is 5.66. The van der Waals surface area contributed by atoms with Crippen LogP contribution in [0.15, 0.2) is 70.2 Å². The molecule has 152 valence electrons. The first-order valence-corrected chi connectivity index (χ1v) is 10.6. The van der Waals surface area contributed by atoms with Crippen molar-refractivity contribution in [3.05, 3.63) is 88.6 Å². The molecule has 2 N–H and O–H groups in total. The molecule has 0 saturated carbocycles. The topological polar surface area (TPSA) is 88.4 Å². The summed E-state index contributed by atoms with van der Waals surface area (Å²) in [6, 6.07) is 13.3. The summed E-state index contributed by atoms with van der Waals surface area (Å²) in [6.45, 7) is 0.270. The number of carbonyl (C=O) groups is 1. The quantitative estimate of drug-likeness (QED) is 0.565. The number of furan rings is 1. The fourth-order valence-corrected chi connectivity index (χ4v) is 4.10. The standard InChI is InChI=1S/C20H18ClFN2O4S/c21-18-8-5-15(20(25)23-10-9-14-3-6-16(22)7-4-14)12-19(18)29(26,27)24-13-17-2-1-11-28-17/h1-8,11-12,24H,9-10,13H2,(H,23,25). The van der Waals surface area contributed by atoms with Crippen molar-refractivity contribution >= 4 is 27.5 Å². The van der Waals surface area contributed by atoms with Gasteiger partial charge in [0, 0.05) is 12.1 Å². The third-order valence-corrected chi connectivity index (χ3v) is 5.99. The minimum absolute atomic E-state index is 0.000179. The first-order chi connectivity index (χ1) is 13.8. The van der Waals surface area contributed by atoms with Crippen LogP contribution in [0.4, 0.5) is 4.39 Å². The number of benzene rings is 2. The van der Waals surface area contributed by atoms with Crippen LogP contribution in [-0.4, -0.2) is 20.9 Å². The lowest BCUT2D eigenvalue weighted by atomic mass is 10.1. The van der Waals surface area contributed by atoms with Crippen molar-refractivity contribution < 1.29 is 22.0 Å². The predicted octanol–water partition coefficient (Wildman–Crippen LogP) is 3.52. The molecule has 1 amide bonds. The molecule has 1 aromatic heterocycles. The minimum atomic E-state index is -3.95. The van der Waals surface area contributed by atoms with Crippen molar-refractivity contribution in [3.63, 3.8) is 0 Å². The fourth-order valence-electron chi connectivity index (χ4n) is 2.58. The van der Waals surface area contributed by atoms with Crippen LogP contribution < -0.4 is 10.0 Å². The summed E-state index contributed by atoms with van der Waals surface area (Å²) in [5.41, 5.74) is 1.03. The second-order valence-corrected chi connectivity index (χ2v) is 8.32. The molecule has 0 atom stereocenters. The van der Waals surface area contributed by atoms with E-state index in [0.29, 0.717) is 18.7 Å². The van der Waals surface area contributed by atoms with E-state index in [1.807, 2.05) is 0 Å². The molecule has 0 spiro atoms. The lowest BCUT2D eigenvalue weighted by molar-refractivity contribution is 0.0954. The number of rotatable bonds is 8. The molecule has 3 aromatic rings. The summed E-state index contributed by atoms with van der Waals surface area (Å²) in [7, 11) is -3.95. The summed E-state index contributed by atoms with van der Waals surface area (Å²) in [6.07, 6.45) is 1.95. The lowest BCUT2D eigenvalue weighted by Crippen LogP contribution is -2.27. The highest BCUT2D eigenvalue weighted by Crippen LogP contribution is 2.23. The van der Waals surface area contributed by atoms with Gasteiger partial charge in [0.25, 0.3) is 5.91 Å². The highest BCUT2D eigenvalue weighted by atomic mass is 35.5. The van der Waals surface area contributed by atoms with E-state index in [4.69, 9.17) is 16.0 Å². The molecule has 0 saturated heterocycles. The zero-order valence-corrected chi connectivity index (χ0v) is 16.8. The molecule has 0 fully saturated rings. The van der Waals surface area contributed by atoms with E-state index in [9.17, 15) is 17.6 Å². The molecule has 1 heterocycles. The number of amides is 1. The number of hydrogen-bond acceptors (Lipinski definition) is 4. The summed E-state index contributed by atoms with van der Waals surface area (Å²) < 4.78 is 45.5. The van der Waals surface area contributed by atoms with Crippen LogP contribution in [0.2, 0.25) is 5.02 Å². The van der Waals surface area contributed by atoms with E-state index in [-0.39, 0.29) is 27.8 Å². The van der Waals surface area contributed by atoms with Crippen molar-refractivity contribution in [2.75, 3.05) is 6.54 Å². The molecule has 9 heteroatoms. The van der Waals surface area contributed by atoms with Crippen LogP contribution in [0, 0.1) is 5.82 Å². The fraction of sp³-hybridized carbons (Fsp3) is 0.150. The number of halogens is 2. The van der Waals surface area contributed by atoms with Gasteiger partial charge in [-0.2, -0.15) is 0 Å². The number of carbonyl (C=O) groups excluding carboxylic acids is 1. The lowest BCUT2D eigenvalue weighted by Gasteiger charge is -2.10. The van der Waals surface area contributed by atoms with Crippen molar-refractivity contribution in [1.82, 2.24) is 10.0 Å². The molecule has 6 nitrogen and oxygen atoms in total. The van der Waals surface area contributed by atoms with Gasteiger partial charge in [-0.3, -0.25) is 4.79 Å². The second kappa shape index (κ2) is 9.21. The molecule has 0 radical (unpaired) electrons. The Bertz CT molecular complexity index is 1080. The molecule has 3 rings (SSSR count). The van der Waals surface area contributed by atoms with Gasteiger partial charge in [-0.25, -0.2) is 17.5 Å². The van der Waals surface area contributed by atoms with Gasteiger partial charge in [-0.1, -0.05) is 23.7 Å². The first kappa shape index (κ1) is 21.0. The average molecular weight is 437 g/mol. The number of sulfonamides is 1. The highest BCUT2D eigenvalue weighted by molar-refractivity contribution is 7.89. The van der Waals surface area contributed by atoms with Crippen LogP contribution in [0.3, 0.4) is 0 Å². The average Bonchev–Trinajstić information content (AvgIpc) is 3.22. The molecule has 0 aliphatic rings. The summed E-state index contributed by atoms with van der Waals surface area (Å²) in [5.74, 6) is -0.320. The Morgan fingerprint density at radius 2 is 1.86 bits per heavy atom. The maximum absolute atomic E-state index is 12.9. The van der Waals surface area contributed by atoms with Gasteiger partial charge in [0.2, 0.25) is 10.0 Å².